The zero-order valence-electron chi connectivity index (χ0n) is 9.78. The summed E-state index contributed by atoms with van der Waals surface area (Å²) in [5.74, 6) is 0. The molecule has 1 aromatic carbocycles. The quantitative estimate of drug-likeness (QED) is 0.510. The van der Waals surface area contributed by atoms with E-state index in [2.05, 4.69) is 20.2 Å². The lowest BCUT2D eigenvalue weighted by Crippen LogP contribution is -2.18. The first-order valence-electron chi connectivity index (χ1n) is 5.17. The number of hydrogen-bond acceptors (Lipinski definition) is 6. The molecule has 0 aliphatic heterocycles. The van der Waals surface area contributed by atoms with Crippen LogP contribution in [0, 0.1) is 17.0 Å². The number of aromatic nitrogens is 2. The van der Waals surface area contributed by atoms with E-state index in [0.717, 1.165) is 10.7 Å². The van der Waals surface area contributed by atoms with Crippen molar-refractivity contribution in [2.45, 2.75) is 6.92 Å². The summed E-state index contributed by atoms with van der Waals surface area (Å²) < 4.78 is 3.78. The second-order valence-electron chi connectivity index (χ2n) is 3.57. The molecule has 1 aromatic heterocycles. The van der Waals surface area contributed by atoms with Gasteiger partial charge in [0.1, 0.15) is 5.00 Å². The van der Waals surface area contributed by atoms with Crippen LogP contribution in [0.15, 0.2) is 24.3 Å². The Morgan fingerprint density at radius 1 is 1.37 bits per heavy atom. The summed E-state index contributed by atoms with van der Waals surface area (Å²) in [6.45, 7) is 1.82. The predicted octanol–water partition coefficient (Wildman–Crippen LogP) is 2.56. The molecule has 1 heterocycles. The third-order valence-electron chi connectivity index (χ3n) is 2.21. The first-order chi connectivity index (χ1) is 9.06. The summed E-state index contributed by atoms with van der Waals surface area (Å²) in [4.78, 5) is 10.1. The second-order valence-corrected chi connectivity index (χ2v) is 4.73. The molecule has 9 heteroatoms. The van der Waals surface area contributed by atoms with E-state index in [1.807, 2.05) is 6.92 Å². The van der Waals surface area contributed by atoms with E-state index in [9.17, 15) is 10.1 Å². The average molecular weight is 295 g/mol. The molecule has 0 bridgehead atoms. The van der Waals surface area contributed by atoms with Gasteiger partial charge in [-0.05, 0) is 31.3 Å². The third-order valence-corrected chi connectivity index (χ3v) is 3.16. The number of thiocarbonyl (C=S) groups is 1. The molecule has 0 saturated heterocycles. The summed E-state index contributed by atoms with van der Waals surface area (Å²) in [5, 5.41) is 21.4. The van der Waals surface area contributed by atoms with Gasteiger partial charge in [0.2, 0.25) is 0 Å². The Morgan fingerprint density at radius 3 is 2.58 bits per heavy atom. The number of aryl methyl sites for hydroxylation is 1. The molecule has 0 fully saturated rings. The highest BCUT2D eigenvalue weighted by atomic mass is 32.1. The molecule has 0 unspecified atom stereocenters. The van der Waals surface area contributed by atoms with Gasteiger partial charge in [0.05, 0.1) is 10.6 Å². The van der Waals surface area contributed by atoms with E-state index in [-0.39, 0.29) is 5.69 Å². The maximum atomic E-state index is 10.5. The Balaban J connectivity index is 1.99. The van der Waals surface area contributed by atoms with Gasteiger partial charge in [0, 0.05) is 29.4 Å². The van der Waals surface area contributed by atoms with Crippen molar-refractivity contribution in [3.05, 3.63) is 40.1 Å². The van der Waals surface area contributed by atoms with Crippen LogP contribution in [0.4, 0.5) is 16.4 Å². The van der Waals surface area contributed by atoms with Gasteiger partial charge in [-0.3, -0.25) is 10.1 Å². The zero-order chi connectivity index (χ0) is 13.8. The van der Waals surface area contributed by atoms with Crippen molar-refractivity contribution in [3.8, 4) is 0 Å². The summed E-state index contributed by atoms with van der Waals surface area (Å²) in [5.41, 5.74) is 1.46. The smallest absolute Gasteiger partial charge is 0.269 e. The van der Waals surface area contributed by atoms with E-state index < -0.39 is 4.92 Å². The second kappa shape index (κ2) is 5.67. The number of anilines is 2. The zero-order valence-corrected chi connectivity index (χ0v) is 11.4. The Hall–Kier alpha value is -2.13. The van der Waals surface area contributed by atoms with Gasteiger partial charge >= 0.3 is 0 Å². The topological polar surface area (TPSA) is 93.0 Å². The molecule has 19 heavy (non-hydrogen) atoms. The lowest BCUT2D eigenvalue weighted by Gasteiger charge is -2.08. The van der Waals surface area contributed by atoms with Crippen LogP contribution in [0.2, 0.25) is 0 Å². The predicted molar refractivity (Wildman–Crippen MR) is 77.6 cm³/mol. The molecule has 0 spiro atoms. The highest BCUT2D eigenvalue weighted by Gasteiger charge is 2.07. The molecule has 2 rings (SSSR count). The molecular formula is C10H9N5O2S2. The van der Waals surface area contributed by atoms with E-state index in [1.54, 1.807) is 12.1 Å². The first kappa shape index (κ1) is 13.3. The number of rotatable bonds is 3. The lowest BCUT2D eigenvalue weighted by molar-refractivity contribution is -0.384. The third kappa shape index (κ3) is 3.42. The minimum atomic E-state index is -0.452. The van der Waals surface area contributed by atoms with Gasteiger partial charge in [-0.15, -0.1) is 5.10 Å². The monoisotopic (exact) mass is 295 g/mol. The minimum Gasteiger partial charge on any atom is -0.332 e. The van der Waals surface area contributed by atoms with E-state index >= 15 is 0 Å². The number of nitro benzene ring substituents is 1. The van der Waals surface area contributed by atoms with Crippen LogP contribution in [-0.2, 0) is 0 Å². The molecule has 98 valence electrons. The van der Waals surface area contributed by atoms with Crippen LogP contribution in [-0.4, -0.2) is 19.6 Å². The van der Waals surface area contributed by atoms with E-state index in [0.29, 0.717) is 10.8 Å². The number of non-ortho nitro benzene ring substituents is 1. The van der Waals surface area contributed by atoms with Crippen molar-refractivity contribution in [1.82, 2.24) is 9.59 Å². The van der Waals surface area contributed by atoms with Crippen LogP contribution < -0.4 is 10.6 Å². The van der Waals surface area contributed by atoms with Crippen molar-refractivity contribution in [2.75, 3.05) is 10.6 Å². The molecule has 0 amide bonds. The normalized spacial score (nSPS) is 9.95. The van der Waals surface area contributed by atoms with Crippen molar-refractivity contribution in [3.63, 3.8) is 0 Å². The fourth-order valence-electron chi connectivity index (χ4n) is 1.28. The summed E-state index contributed by atoms with van der Waals surface area (Å²) in [6.07, 6.45) is 0. The van der Waals surface area contributed by atoms with Gasteiger partial charge < -0.3 is 10.6 Å². The molecule has 0 aliphatic carbocycles. The highest BCUT2D eigenvalue weighted by molar-refractivity contribution is 7.80. The SMILES string of the molecule is Cc1nnsc1NC(=S)Nc1ccc([N+](=O)[O-])cc1. The van der Waals surface area contributed by atoms with Gasteiger partial charge in [-0.25, -0.2) is 0 Å². The Morgan fingerprint density at radius 2 is 2.05 bits per heavy atom. The molecule has 2 aromatic rings. The fourth-order valence-corrected chi connectivity index (χ4v) is 2.13. The maximum Gasteiger partial charge on any atom is 0.269 e. The van der Waals surface area contributed by atoms with Crippen molar-refractivity contribution in [1.29, 1.82) is 0 Å². The standard InChI is InChI=1S/C10H9N5O2S2/c1-6-9(19-14-13-6)12-10(18)11-7-2-4-8(5-3-7)15(16)17/h2-5H,1H3,(H2,11,12,18). The molecule has 0 saturated carbocycles. The Kier molecular flexibility index (Phi) is 3.97. The molecule has 0 atom stereocenters. The summed E-state index contributed by atoms with van der Waals surface area (Å²) >= 11 is 6.33. The Bertz CT molecular complexity index is 611. The number of nitrogens with zero attached hydrogens (tertiary/aromatic N) is 3. The van der Waals surface area contributed by atoms with Crippen molar-refractivity contribution < 1.29 is 4.92 Å². The van der Waals surface area contributed by atoms with Gasteiger partial charge in [0.15, 0.2) is 5.11 Å². The van der Waals surface area contributed by atoms with Crippen molar-refractivity contribution in [2.24, 2.45) is 0 Å². The minimum absolute atomic E-state index is 0.0342. The molecular weight excluding hydrogens is 286 g/mol. The van der Waals surface area contributed by atoms with Crippen LogP contribution in [0.5, 0.6) is 0 Å². The number of nitrogens with one attached hydrogen (secondary N) is 2. The number of hydrogen-bond donors (Lipinski definition) is 2. The fraction of sp³-hybridized carbons (Fsp3) is 0.100. The molecule has 0 aliphatic rings. The lowest BCUT2D eigenvalue weighted by atomic mass is 10.3. The largest absolute Gasteiger partial charge is 0.332 e. The van der Waals surface area contributed by atoms with E-state index in [1.165, 1.54) is 23.7 Å². The van der Waals surface area contributed by atoms with Gasteiger partial charge in [0.25, 0.3) is 5.69 Å². The highest BCUT2D eigenvalue weighted by Crippen LogP contribution is 2.18. The number of nitro groups is 1. The van der Waals surface area contributed by atoms with Crippen LogP contribution in [0.3, 0.4) is 0 Å². The van der Waals surface area contributed by atoms with Crippen LogP contribution >= 0.6 is 23.8 Å². The molecule has 2 N–H and O–H groups in total. The molecule has 7 nitrogen and oxygen atoms in total. The van der Waals surface area contributed by atoms with Gasteiger partial charge in [-0.1, -0.05) is 4.49 Å². The van der Waals surface area contributed by atoms with Crippen molar-refractivity contribution >= 4 is 45.2 Å². The maximum absolute atomic E-state index is 10.5. The van der Waals surface area contributed by atoms with Crippen LogP contribution in [0.25, 0.3) is 0 Å². The Labute approximate surface area is 118 Å². The average Bonchev–Trinajstić information content (AvgIpc) is 2.75. The van der Waals surface area contributed by atoms with Crippen LogP contribution in [0.1, 0.15) is 5.69 Å². The summed E-state index contributed by atoms with van der Waals surface area (Å²) in [6, 6.07) is 5.99. The summed E-state index contributed by atoms with van der Waals surface area (Å²) in [7, 11) is 0. The molecule has 0 radical (unpaired) electrons. The number of benzene rings is 1. The first-order valence-corrected chi connectivity index (χ1v) is 6.36. The van der Waals surface area contributed by atoms with E-state index in [4.69, 9.17) is 12.2 Å². The van der Waals surface area contributed by atoms with Gasteiger partial charge in [-0.2, -0.15) is 0 Å².